The molecule has 0 unspecified atom stereocenters. The maximum atomic E-state index is 9.70. The van der Waals surface area contributed by atoms with Crippen molar-refractivity contribution < 1.29 is 0 Å². The zero-order valence-corrected chi connectivity index (χ0v) is 46.9. The van der Waals surface area contributed by atoms with Crippen molar-refractivity contribution >= 4 is 55.0 Å². The van der Waals surface area contributed by atoms with Gasteiger partial charge >= 0.3 is 0 Å². The summed E-state index contributed by atoms with van der Waals surface area (Å²) in [5.41, 5.74) is 20.2. The first-order chi connectivity index (χ1) is 43.4. The Balaban J connectivity index is 1.01. The van der Waals surface area contributed by atoms with E-state index in [4.69, 9.17) is 33.1 Å². The molecule has 0 aliphatic carbocycles. The van der Waals surface area contributed by atoms with Gasteiger partial charge in [-0.25, -0.2) is 24.6 Å². The lowest BCUT2D eigenvalue weighted by Gasteiger charge is -2.19. The molecular formula is C78H44N10. The summed E-state index contributed by atoms with van der Waals surface area (Å²) < 4.78 is 4.66. The number of fused-ring (bicyclic) bond motifs is 6. The molecule has 0 amide bonds. The molecule has 406 valence electrons. The van der Waals surface area contributed by atoms with Crippen molar-refractivity contribution in [2.75, 3.05) is 0 Å². The molecule has 10 heteroatoms. The number of benzene rings is 11. The van der Waals surface area contributed by atoms with Crippen LogP contribution in [-0.4, -0.2) is 29.1 Å². The third-order valence-electron chi connectivity index (χ3n) is 16.4. The molecule has 0 spiro atoms. The molecule has 0 atom stereocenters. The average molecular weight is 1120 g/mol. The van der Waals surface area contributed by atoms with E-state index in [1.54, 1.807) is 0 Å². The minimum atomic E-state index is 0.503. The van der Waals surface area contributed by atoms with Crippen LogP contribution in [0.15, 0.2) is 267 Å². The Morgan fingerprint density at radius 2 is 0.670 bits per heavy atom. The Labute approximate surface area is 506 Å². The molecule has 4 heterocycles. The third-order valence-corrected chi connectivity index (χ3v) is 16.4. The van der Waals surface area contributed by atoms with E-state index >= 15 is 0 Å². The number of hydrogen-bond donors (Lipinski definition) is 0. The Bertz CT molecular complexity index is 5160. The highest BCUT2D eigenvalue weighted by Gasteiger charge is 2.24. The summed E-state index contributed by atoms with van der Waals surface area (Å²) in [5.74, 6) is 1.60. The van der Waals surface area contributed by atoms with E-state index in [1.165, 1.54) is 0 Å². The van der Waals surface area contributed by atoms with Gasteiger partial charge in [0.15, 0.2) is 28.8 Å². The fourth-order valence-electron chi connectivity index (χ4n) is 12.0. The molecule has 0 saturated heterocycles. The van der Waals surface area contributed by atoms with Crippen LogP contribution in [0.1, 0.15) is 11.1 Å². The average Bonchev–Trinajstić information content (AvgIpc) is 1.59. The summed E-state index contributed by atoms with van der Waals surface area (Å²) >= 11 is 0. The standard InChI is InChI=1S/C78H44N10/c1-81-62-30-21-53(22-31-62)59-25-34-71-66(43-59)67-44-60(54-23-32-63(82-2)33-24-54)26-35-72(67)87(71)70-38-29-61(78-85-76(55-9-5-3-6-10-55)84-77(86-78)56-11-7-4-8-12-56)45-65(70)64-39-40-83-48-75(64)88-73-36-27-57(51-17-13-49(46-79)14-18-51)41-68(73)69-42-58(28-37-74(69)88)52-19-15-50(47-80)16-20-52/h3-45,48H. The largest absolute Gasteiger partial charge is 0.309 e. The van der Waals surface area contributed by atoms with Gasteiger partial charge in [-0.15, -0.1) is 0 Å². The van der Waals surface area contributed by atoms with Gasteiger partial charge in [-0.3, -0.25) is 4.98 Å². The van der Waals surface area contributed by atoms with Gasteiger partial charge < -0.3 is 9.13 Å². The maximum absolute atomic E-state index is 9.70. The molecule has 15 aromatic rings. The van der Waals surface area contributed by atoms with E-state index in [9.17, 15) is 10.5 Å². The van der Waals surface area contributed by atoms with Crippen molar-refractivity contribution in [1.29, 1.82) is 10.5 Å². The van der Waals surface area contributed by atoms with Crippen LogP contribution in [0, 0.1) is 35.8 Å². The summed E-state index contributed by atoms with van der Waals surface area (Å²) in [5, 5.41) is 23.5. The van der Waals surface area contributed by atoms with Crippen LogP contribution in [0.2, 0.25) is 0 Å². The first-order valence-electron chi connectivity index (χ1n) is 28.5. The van der Waals surface area contributed by atoms with E-state index in [0.29, 0.717) is 40.0 Å². The Morgan fingerprint density at radius 1 is 0.318 bits per heavy atom. The van der Waals surface area contributed by atoms with Crippen LogP contribution in [0.4, 0.5) is 11.4 Å². The molecular weight excluding hydrogens is 1080 g/mol. The molecule has 0 radical (unpaired) electrons. The molecule has 88 heavy (non-hydrogen) atoms. The highest BCUT2D eigenvalue weighted by molar-refractivity contribution is 6.14. The fourth-order valence-corrected chi connectivity index (χ4v) is 12.0. The molecule has 0 N–H and O–H groups in total. The number of nitriles is 2. The second-order valence-electron chi connectivity index (χ2n) is 21.5. The molecule has 0 aliphatic heterocycles. The first-order valence-corrected chi connectivity index (χ1v) is 28.5. The van der Waals surface area contributed by atoms with Gasteiger partial charge in [-0.2, -0.15) is 10.5 Å². The molecule has 0 saturated carbocycles. The normalized spacial score (nSPS) is 11.1. The number of nitrogens with zero attached hydrogens (tertiary/aromatic N) is 10. The zero-order valence-electron chi connectivity index (χ0n) is 46.9. The summed E-state index contributed by atoms with van der Waals surface area (Å²) in [7, 11) is 0. The van der Waals surface area contributed by atoms with Crippen molar-refractivity contribution in [2.45, 2.75) is 0 Å². The number of hydrogen-bond acceptors (Lipinski definition) is 6. The van der Waals surface area contributed by atoms with Crippen LogP contribution in [-0.2, 0) is 0 Å². The van der Waals surface area contributed by atoms with Crippen molar-refractivity contribution in [1.82, 2.24) is 29.1 Å². The van der Waals surface area contributed by atoms with Crippen molar-refractivity contribution in [3.63, 3.8) is 0 Å². The minimum Gasteiger partial charge on any atom is -0.309 e. The van der Waals surface area contributed by atoms with Crippen LogP contribution >= 0.6 is 0 Å². The molecule has 4 aromatic heterocycles. The minimum absolute atomic E-state index is 0.503. The van der Waals surface area contributed by atoms with Gasteiger partial charge in [0.1, 0.15) is 0 Å². The molecule has 0 bridgehead atoms. The lowest BCUT2D eigenvalue weighted by Crippen LogP contribution is -2.04. The van der Waals surface area contributed by atoms with E-state index < -0.39 is 0 Å². The van der Waals surface area contributed by atoms with Crippen molar-refractivity contribution in [3.8, 4) is 113 Å². The third kappa shape index (κ3) is 9.22. The Kier molecular flexibility index (Phi) is 12.8. The van der Waals surface area contributed by atoms with Gasteiger partial charge in [0.25, 0.3) is 0 Å². The van der Waals surface area contributed by atoms with Gasteiger partial charge in [0.2, 0.25) is 0 Å². The molecule has 0 fully saturated rings. The summed E-state index contributed by atoms with van der Waals surface area (Å²) in [6.45, 7) is 15.3. The quantitative estimate of drug-likeness (QED) is 0.126. The lowest BCUT2D eigenvalue weighted by molar-refractivity contribution is 1.07. The second-order valence-corrected chi connectivity index (χ2v) is 21.5. The SMILES string of the molecule is [C-]#[N+]c1ccc(-c2ccc3c(c2)c2cc(-c4ccc([N+]#[C-])cc4)ccc2n3-c2ccc(-c3nc(-c4ccccc4)nc(-c4ccccc4)n3)cc2-c2ccncc2-n2c3ccc(-c4ccc(C#N)cc4)cc3c3cc(-c4ccc(C#N)cc4)ccc32)cc1. The molecule has 11 aromatic carbocycles. The van der Waals surface area contributed by atoms with E-state index in [0.717, 1.165) is 127 Å². The summed E-state index contributed by atoms with van der Waals surface area (Å²) in [4.78, 5) is 27.8. The Morgan fingerprint density at radius 3 is 1.06 bits per heavy atom. The zero-order chi connectivity index (χ0) is 59.2. The highest BCUT2D eigenvalue weighted by Crippen LogP contribution is 2.45. The topological polar surface area (TPSA) is 118 Å². The van der Waals surface area contributed by atoms with Gasteiger partial charge in [0, 0.05) is 55.6 Å². The lowest BCUT2D eigenvalue weighted by atomic mass is 9.98. The van der Waals surface area contributed by atoms with Crippen molar-refractivity contribution in [2.24, 2.45) is 0 Å². The predicted molar refractivity (Wildman–Crippen MR) is 352 cm³/mol. The van der Waals surface area contributed by atoms with E-state index in [-0.39, 0.29) is 0 Å². The van der Waals surface area contributed by atoms with Crippen LogP contribution < -0.4 is 0 Å². The number of aromatic nitrogens is 6. The number of pyridine rings is 1. The van der Waals surface area contributed by atoms with Crippen molar-refractivity contribution in [3.05, 3.63) is 301 Å². The highest BCUT2D eigenvalue weighted by atomic mass is 15.0. The fraction of sp³-hybridized carbons (Fsp3) is 0. The van der Waals surface area contributed by atoms with Crippen LogP contribution in [0.25, 0.3) is 154 Å². The summed E-state index contributed by atoms with van der Waals surface area (Å²) in [6.07, 6.45) is 3.79. The van der Waals surface area contributed by atoms with E-state index in [2.05, 4.69) is 128 Å². The smallest absolute Gasteiger partial charge is 0.187 e. The molecule has 15 rings (SSSR count). The molecule has 0 aliphatic rings. The predicted octanol–water partition coefficient (Wildman–Crippen LogP) is 19.6. The van der Waals surface area contributed by atoms with Crippen LogP contribution in [0.3, 0.4) is 0 Å². The van der Waals surface area contributed by atoms with E-state index in [1.807, 2.05) is 170 Å². The molecule has 10 nitrogen and oxygen atoms in total. The summed E-state index contributed by atoms with van der Waals surface area (Å²) in [6, 6.07) is 90.2. The van der Waals surface area contributed by atoms with Gasteiger partial charge in [0.05, 0.1) is 76.0 Å². The number of rotatable bonds is 10. The Hall–Kier alpha value is -12.9. The van der Waals surface area contributed by atoms with Gasteiger partial charge in [-0.05, 0) is 142 Å². The second kappa shape index (κ2) is 21.7. The first kappa shape index (κ1) is 52.0. The van der Waals surface area contributed by atoms with Gasteiger partial charge in [-0.1, -0.05) is 158 Å². The maximum Gasteiger partial charge on any atom is 0.187 e. The van der Waals surface area contributed by atoms with Crippen LogP contribution in [0.5, 0.6) is 0 Å². The monoisotopic (exact) mass is 1120 g/mol.